The Hall–Kier alpha value is -2.21. The molecule has 1 amide bonds. The quantitative estimate of drug-likeness (QED) is 0.864. The van der Waals surface area contributed by atoms with Gasteiger partial charge in [0.1, 0.15) is 0 Å². The lowest BCUT2D eigenvalue weighted by Gasteiger charge is -2.19. The normalized spacial score (nSPS) is 27.5. The molecule has 6 nitrogen and oxygen atoms in total. The van der Waals surface area contributed by atoms with Gasteiger partial charge in [0.2, 0.25) is 12.3 Å². The third kappa shape index (κ3) is 2.74. The molecule has 6 heteroatoms. The Morgan fingerprint density at radius 1 is 1.17 bits per heavy atom. The predicted molar refractivity (Wildman–Crippen MR) is 81.7 cm³/mol. The number of amides is 1. The summed E-state index contributed by atoms with van der Waals surface area (Å²) in [5.74, 6) is 1.13. The molecule has 0 N–H and O–H groups in total. The van der Waals surface area contributed by atoms with E-state index in [2.05, 4.69) is 22.3 Å². The van der Waals surface area contributed by atoms with Crippen molar-refractivity contribution in [1.29, 1.82) is 0 Å². The highest BCUT2D eigenvalue weighted by Gasteiger charge is 2.41. The van der Waals surface area contributed by atoms with Gasteiger partial charge in [0, 0.05) is 31.5 Å². The van der Waals surface area contributed by atoms with Crippen LogP contribution in [0.1, 0.15) is 29.6 Å². The molecule has 0 radical (unpaired) electrons. The second-order valence-corrected chi connectivity index (χ2v) is 6.22. The van der Waals surface area contributed by atoms with Crippen LogP contribution in [-0.2, 0) is 9.53 Å². The lowest BCUT2D eigenvalue weighted by molar-refractivity contribution is -0.134. The summed E-state index contributed by atoms with van der Waals surface area (Å²) in [6.07, 6.45) is 2.17. The van der Waals surface area contributed by atoms with E-state index < -0.39 is 0 Å². The number of hydrogen-bond donors (Lipinski definition) is 0. The Balaban J connectivity index is 1.59. The van der Waals surface area contributed by atoms with Crippen LogP contribution >= 0.6 is 0 Å². The van der Waals surface area contributed by atoms with Crippen LogP contribution < -0.4 is 0 Å². The van der Waals surface area contributed by atoms with Crippen LogP contribution in [0.25, 0.3) is 0 Å². The summed E-state index contributed by atoms with van der Waals surface area (Å²) in [5, 5.41) is 4.02. The zero-order chi connectivity index (χ0) is 15.6. The molecule has 0 bridgehead atoms. The van der Waals surface area contributed by atoms with Crippen molar-refractivity contribution in [3.8, 4) is 0 Å². The minimum Gasteiger partial charge on any atom is -0.381 e. The van der Waals surface area contributed by atoms with Crippen molar-refractivity contribution in [2.45, 2.75) is 18.3 Å². The molecular formula is C17H19N3O3. The van der Waals surface area contributed by atoms with Gasteiger partial charge < -0.3 is 14.2 Å². The number of hydrogen-bond acceptors (Lipinski definition) is 5. The first-order valence-electron chi connectivity index (χ1n) is 8.00. The highest BCUT2D eigenvalue weighted by atomic mass is 16.5. The molecule has 1 aromatic carbocycles. The molecule has 2 aliphatic heterocycles. The Labute approximate surface area is 134 Å². The predicted octanol–water partition coefficient (Wildman–Crippen LogP) is 1.82. The number of aromatic nitrogens is 2. The van der Waals surface area contributed by atoms with Gasteiger partial charge in [-0.25, -0.2) is 0 Å². The average molecular weight is 313 g/mol. The summed E-state index contributed by atoms with van der Waals surface area (Å²) >= 11 is 0. The molecule has 0 aliphatic carbocycles. The number of carbonyl (C=O) groups is 1. The Bertz CT molecular complexity index is 653. The molecule has 0 saturated carbocycles. The first kappa shape index (κ1) is 14.4. The summed E-state index contributed by atoms with van der Waals surface area (Å²) in [6, 6.07) is 10.3. The topological polar surface area (TPSA) is 68.5 Å². The Kier molecular flexibility index (Phi) is 3.83. The number of likely N-dealkylation sites (tertiary alicyclic amines) is 1. The number of carbonyl (C=O) groups excluding carboxylic acids is 1. The SMILES string of the molecule is O=C([C@@H]1CCOC1)N1C[C@@H](c2ccccc2)[C@H](c2ncon2)C1. The lowest BCUT2D eigenvalue weighted by Crippen LogP contribution is -2.34. The zero-order valence-electron chi connectivity index (χ0n) is 12.8. The average Bonchev–Trinajstić information content (AvgIpc) is 3.35. The molecule has 120 valence electrons. The van der Waals surface area contributed by atoms with Gasteiger partial charge in [-0.3, -0.25) is 4.79 Å². The third-order valence-corrected chi connectivity index (χ3v) is 4.85. The van der Waals surface area contributed by atoms with Crippen molar-refractivity contribution in [1.82, 2.24) is 15.0 Å². The maximum Gasteiger partial charge on any atom is 0.228 e. The smallest absolute Gasteiger partial charge is 0.228 e. The Morgan fingerprint density at radius 3 is 2.70 bits per heavy atom. The van der Waals surface area contributed by atoms with Crippen molar-refractivity contribution in [2.24, 2.45) is 5.92 Å². The summed E-state index contributed by atoms with van der Waals surface area (Å²) in [4.78, 5) is 18.9. The number of benzene rings is 1. The van der Waals surface area contributed by atoms with Crippen molar-refractivity contribution in [3.05, 3.63) is 48.1 Å². The minimum absolute atomic E-state index is 0.00422. The fourth-order valence-corrected chi connectivity index (χ4v) is 3.61. The molecule has 0 unspecified atom stereocenters. The third-order valence-electron chi connectivity index (χ3n) is 4.85. The Morgan fingerprint density at radius 2 is 2.00 bits per heavy atom. The molecule has 2 saturated heterocycles. The van der Waals surface area contributed by atoms with Gasteiger partial charge in [-0.05, 0) is 12.0 Å². The van der Waals surface area contributed by atoms with E-state index in [0.717, 1.165) is 6.42 Å². The van der Waals surface area contributed by atoms with Gasteiger partial charge in [-0.2, -0.15) is 4.98 Å². The molecule has 1 aromatic heterocycles. The zero-order valence-corrected chi connectivity index (χ0v) is 12.8. The first-order chi connectivity index (χ1) is 11.3. The molecule has 2 aliphatic rings. The van der Waals surface area contributed by atoms with Gasteiger partial charge in [0.05, 0.1) is 12.5 Å². The summed E-state index contributed by atoms with van der Waals surface area (Å²) in [7, 11) is 0. The maximum atomic E-state index is 12.7. The van der Waals surface area contributed by atoms with E-state index in [1.54, 1.807) is 0 Å². The molecule has 3 heterocycles. The molecule has 3 atom stereocenters. The second-order valence-electron chi connectivity index (χ2n) is 6.22. The fourth-order valence-electron chi connectivity index (χ4n) is 3.61. The van der Waals surface area contributed by atoms with E-state index in [4.69, 9.17) is 9.26 Å². The highest BCUT2D eigenvalue weighted by Crippen LogP contribution is 2.39. The van der Waals surface area contributed by atoms with Crippen molar-refractivity contribution in [3.63, 3.8) is 0 Å². The van der Waals surface area contributed by atoms with Gasteiger partial charge in [0.15, 0.2) is 5.82 Å². The van der Waals surface area contributed by atoms with E-state index in [1.165, 1.54) is 12.0 Å². The van der Waals surface area contributed by atoms with Crippen molar-refractivity contribution in [2.75, 3.05) is 26.3 Å². The fraction of sp³-hybridized carbons (Fsp3) is 0.471. The van der Waals surface area contributed by atoms with E-state index in [9.17, 15) is 4.79 Å². The molecule has 2 aromatic rings. The van der Waals surface area contributed by atoms with Crippen LogP contribution in [0.5, 0.6) is 0 Å². The van der Waals surface area contributed by atoms with Crippen LogP contribution in [0, 0.1) is 5.92 Å². The van der Waals surface area contributed by atoms with Crippen molar-refractivity contribution < 1.29 is 14.1 Å². The van der Waals surface area contributed by atoms with Crippen molar-refractivity contribution >= 4 is 5.91 Å². The van der Waals surface area contributed by atoms with E-state index in [0.29, 0.717) is 32.1 Å². The van der Waals surface area contributed by atoms with Gasteiger partial charge in [-0.1, -0.05) is 35.5 Å². The number of ether oxygens (including phenoxy) is 1. The molecule has 23 heavy (non-hydrogen) atoms. The lowest BCUT2D eigenvalue weighted by atomic mass is 9.88. The monoisotopic (exact) mass is 313 g/mol. The largest absolute Gasteiger partial charge is 0.381 e. The number of rotatable bonds is 3. The maximum absolute atomic E-state index is 12.7. The number of nitrogens with zero attached hydrogens (tertiary/aromatic N) is 3. The summed E-state index contributed by atoms with van der Waals surface area (Å²) in [6.45, 7) is 2.55. The highest BCUT2D eigenvalue weighted by molar-refractivity contribution is 5.79. The first-order valence-corrected chi connectivity index (χ1v) is 8.00. The van der Waals surface area contributed by atoms with Crippen LogP contribution in [-0.4, -0.2) is 47.3 Å². The van der Waals surface area contributed by atoms with E-state index in [-0.39, 0.29) is 23.7 Å². The van der Waals surface area contributed by atoms with Crippen LogP contribution in [0.2, 0.25) is 0 Å². The molecule has 4 rings (SSSR count). The van der Waals surface area contributed by atoms with Gasteiger partial charge in [-0.15, -0.1) is 0 Å². The van der Waals surface area contributed by atoms with Gasteiger partial charge >= 0.3 is 0 Å². The molecule has 2 fully saturated rings. The van der Waals surface area contributed by atoms with E-state index >= 15 is 0 Å². The standard InChI is InChI=1S/C17H19N3O3/c21-17(13-6-7-22-10-13)20-8-14(12-4-2-1-3-5-12)15(9-20)16-18-11-23-19-16/h1-5,11,13-15H,6-10H2/t13-,14+,15-/m1/s1. The summed E-state index contributed by atoms with van der Waals surface area (Å²) in [5.41, 5.74) is 1.21. The van der Waals surface area contributed by atoms with Crippen LogP contribution in [0.15, 0.2) is 41.2 Å². The van der Waals surface area contributed by atoms with Crippen LogP contribution in [0.3, 0.4) is 0 Å². The summed E-state index contributed by atoms with van der Waals surface area (Å²) < 4.78 is 10.3. The molecule has 0 spiro atoms. The second kappa shape index (κ2) is 6.12. The minimum atomic E-state index is -0.00422. The van der Waals surface area contributed by atoms with Gasteiger partial charge in [0.25, 0.3) is 0 Å². The molecular weight excluding hydrogens is 294 g/mol. The van der Waals surface area contributed by atoms with Crippen LogP contribution in [0.4, 0.5) is 0 Å². The van der Waals surface area contributed by atoms with E-state index in [1.807, 2.05) is 23.1 Å².